The average Bonchev–Trinajstić information content (AvgIpc) is 2.26. The lowest BCUT2D eigenvalue weighted by atomic mass is 10.1. The van der Waals surface area contributed by atoms with Gasteiger partial charge in [-0.15, -0.1) is 0 Å². The van der Waals surface area contributed by atoms with Gasteiger partial charge in [-0.05, 0) is 12.1 Å². The fraction of sp³-hybridized carbons (Fsp3) is 0.273. The molecule has 1 aliphatic heterocycles. The summed E-state index contributed by atoms with van der Waals surface area (Å²) in [6.45, 7) is -0.194. The van der Waals surface area contributed by atoms with Crippen LogP contribution in [0, 0.1) is 0 Å². The van der Waals surface area contributed by atoms with E-state index < -0.39 is 24.4 Å². The fourth-order valence-electron chi connectivity index (χ4n) is 1.73. The second kappa shape index (κ2) is 4.32. The van der Waals surface area contributed by atoms with Crippen LogP contribution in [0.25, 0.3) is 0 Å². The quantitative estimate of drug-likeness (QED) is 0.837. The molecule has 1 heterocycles. The summed E-state index contributed by atoms with van der Waals surface area (Å²) in [5.74, 6) is -1.95. The number of para-hydroxylation sites is 2. The summed E-state index contributed by atoms with van der Waals surface area (Å²) in [6.07, 6.45) is -6.27. The number of halogens is 3. The van der Waals surface area contributed by atoms with E-state index in [0.29, 0.717) is 10.6 Å². The van der Waals surface area contributed by atoms with Gasteiger partial charge in [-0.2, -0.15) is 13.2 Å². The molecule has 0 saturated carbocycles. The Balaban J connectivity index is 2.32. The van der Waals surface area contributed by atoms with Crippen LogP contribution in [0.1, 0.15) is 6.42 Å². The topological polar surface area (TPSA) is 49.4 Å². The number of imide groups is 1. The van der Waals surface area contributed by atoms with Gasteiger partial charge in [-0.3, -0.25) is 9.59 Å². The summed E-state index contributed by atoms with van der Waals surface area (Å²) in [5.41, 5.74) is 0.621. The van der Waals surface area contributed by atoms with E-state index in [2.05, 4.69) is 5.32 Å². The number of benzene rings is 1. The summed E-state index contributed by atoms with van der Waals surface area (Å²) in [4.78, 5) is 23.7. The number of hydrogen-bond acceptors (Lipinski definition) is 3. The smallest absolute Gasteiger partial charge is 0.374 e. The number of nitrogens with zero attached hydrogens (tertiary/aromatic N) is 1. The van der Waals surface area contributed by atoms with Crippen molar-refractivity contribution >= 4 is 23.2 Å². The van der Waals surface area contributed by atoms with E-state index in [1.54, 1.807) is 18.2 Å². The van der Waals surface area contributed by atoms with E-state index in [1.807, 2.05) is 0 Å². The Morgan fingerprint density at radius 3 is 2.67 bits per heavy atom. The normalized spacial score (nSPS) is 15.1. The summed E-state index contributed by atoms with van der Waals surface area (Å²) in [7, 11) is 0. The molecule has 1 aromatic carbocycles. The minimum Gasteiger partial charge on any atom is -0.374 e. The molecule has 2 amide bonds. The number of nitrogens with one attached hydrogen (secondary N) is 1. The Labute approximate surface area is 100 Å². The number of hydrogen-bond donors (Lipinski definition) is 1. The van der Waals surface area contributed by atoms with Gasteiger partial charge in [-0.1, -0.05) is 12.1 Å². The van der Waals surface area contributed by atoms with Gasteiger partial charge in [0, 0.05) is 0 Å². The monoisotopic (exact) mass is 258 g/mol. The van der Waals surface area contributed by atoms with Gasteiger partial charge < -0.3 is 5.32 Å². The molecular weight excluding hydrogens is 249 g/mol. The van der Waals surface area contributed by atoms with Gasteiger partial charge in [-0.25, -0.2) is 4.90 Å². The van der Waals surface area contributed by atoms with Crippen LogP contribution in [0.15, 0.2) is 24.3 Å². The molecule has 0 aromatic heterocycles. The Bertz CT molecular complexity index is 499. The zero-order chi connectivity index (χ0) is 13.3. The lowest BCUT2D eigenvalue weighted by molar-refractivity contribution is -0.152. The minimum atomic E-state index is -4.63. The van der Waals surface area contributed by atoms with E-state index in [4.69, 9.17) is 0 Å². The van der Waals surface area contributed by atoms with E-state index in [0.717, 1.165) is 0 Å². The van der Waals surface area contributed by atoms with E-state index in [9.17, 15) is 22.8 Å². The molecule has 0 aliphatic carbocycles. The third-order valence-electron chi connectivity index (χ3n) is 2.43. The highest BCUT2D eigenvalue weighted by Crippen LogP contribution is 2.31. The maximum absolute atomic E-state index is 12.2. The summed E-state index contributed by atoms with van der Waals surface area (Å²) < 4.78 is 36.6. The maximum atomic E-state index is 12.2. The number of carbonyl (C=O) groups is 2. The Hall–Kier alpha value is -2.05. The molecule has 0 spiro atoms. The molecule has 96 valence electrons. The Morgan fingerprint density at radius 2 is 2.00 bits per heavy atom. The number of rotatable bonds is 1. The predicted molar refractivity (Wildman–Crippen MR) is 58.1 cm³/mol. The van der Waals surface area contributed by atoms with Crippen LogP contribution < -0.4 is 10.2 Å². The van der Waals surface area contributed by atoms with Crippen LogP contribution in [0.2, 0.25) is 0 Å². The SMILES string of the molecule is O=C1CNc2ccccc2N1C(=O)CC(F)(F)F. The van der Waals surface area contributed by atoms with Crippen molar-refractivity contribution < 1.29 is 22.8 Å². The Kier molecular flexibility index (Phi) is 2.98. The van der Waals surface area contributed by atoms with Gasteiger partial charge in [0.2, 0.25) is 5.91 Å². The molecular formula is C11H9F3N2O2. The molecule has 4 nitrogen and oxygen atoms in total. The van der Waals surface area contributed by atoms with Crippen molar-refractivity contribution in [3.05, 3.63) is 24.3 Å². The van der Waals surface area contributed by atoms with Crippen molar-refractivity contribution in [2.45, 2.75) is 12.6 Å². The minimum absolute atomic E-state index is 0.156. The van der Waals surface area contributed by atoms with Crippen molar-refractivity contribution in [2.75, 3.05) is 16.8 Å². The van der Waals surface area contributed by atoms with E-state index in [1.165, 1.54) is 6.07 Å². The highest BCUT2D eigenvalue weighted by Gasteiger charge is 2.37. The second-order valence-corrected chi connectivity index (χ2v) is 3.79. The Morgan fingerprint density at radius 1 is 1.33 bits per heavy atom. The standard InChI is InChI=1S/C11H9F3N2O2/c12-11(13,14)5-9(17)16-8-4-2-1-3-7(8)15-6-10(16)18/h1-4,15H,5-6H2. The third kappa shape index (κ3) is 2.44. The van der Waals surface area contributed by atoms with Gasteiger partial charge in [0.1, 0.15) is 6.42 Å². The van der Waals surface area contributed by atoms with Crippen LogP contribution in [-0.4, -0.2) is 24.5 Å². The van der Waals surface area contributed by atoms with Crippen molar-refractivity contribution in [3.8, 4) is 0 Å². The van der Waals surface area contributed by atoms with Crippen LogP contribution in [0.3, 0.4) is 0 Å². The molecule has 1 aliphatic rings. The van der Waals surface area contributed by atoms with Crippen LogP contribution in [-0.2, 0) is 9.59 Å². The lowest BCUT2D eigenvalue weighted by Gasteiger charge is -2.28. The van der Waals surface area contributed by atoms with Crippen molar-refractivity contribution in [3.63, 3.8) is 0 Å². The average molecular weight is 258 g/mol. The third-order valence-corrected chi connectivity index (χ3v) is 2.43. The first-order valence-electron chi connectivity index (χ1n) is 5.14. The predicted octanol–water partition coefficient (Wildman–Crippen LogP) is 1.92. The van der Waals surface area contributed by atoms with Gasteiger partial charge in [0.15, 0.2) is 0 Å². The highest BCUT2D eigenvalue weighted by molar-refractivity contribution is 6.19. The van der Waals surface area contributed by atoms with E-state index in [-0.39, 0.29) is 12.2 Å². The first kappa shape index (κ1) is 12.4. The number of alkyl halides is 3. The van der Waals surface area contributed by atoms with Crippen LogP contribution in [0.5, 0.6) is 0 Å². The number of anilines is 2. The summed E-state index contributed by atoms with van der Waals surface area (Å²) in [6, 6.07) is 6.23. The zero-order valence-corrected chi connectivity index (χ0v) is 9.12. The van der Waals surface area contributed by atoms with Crippen molar-refractivity contribution in [1.29, 1.82) is 0 Å². The fourth-order valence-corrected chi connectivity index (χ4v) is 1.73. The molecule has 0 bridgehead atoms. The molecule has 18 heavy (non-hydrogen) atoms. The molecule has 0 radical (unpaired) electrons. The summed E-state index contributed by atoms with van der Waals surface area (Å²) in [5, 5.41) is 2.74. The maximum Gasteiger partial charge on any atom is 0.397 e. The number of fused-ring (bicyclic) bond motifs is 1. The molecule has 1 N–H and O–H groups in total. The largest absolute Gasteiger partial charge is 0.397 e. The second-order valence-electron chi connectivity index (χ2n) is 3.79. The van der Waals surface area contributed by atoms with Crippen LogP contribution >= 0.6 is 0 Å². The highest BCUT2D eigenvalue weighted by atomic mass is 19.4. The van der Waals surface area contributed by atoms with Gasteiger partial charge in [0.05, 0.1) is 17.9 Å². The number of carbonyl (C=O) groups excluding carboxylic acids is 2. The lowest BCUT2D eigenvalue weighted by Crippen LogP contribution is -2.45. The molecule has 0 fully saturated rings. The molecule has 0 saturated heterocycles. The van der Waals surface area contributed by atoms with Crippen molar-refractivity contribution in [2.24, 2.45) is 0 Å². The summed E-state index contributed by atoms with van der Waals surface area (Å²) >= 11 is 0. The van der Waals surface area contributed by atoms with Crippen LogP contribution in [0.4, 0.5) is 24.5 Å². The molecule has 0 atom stereocenters. The molecule has 1 aromatic rings. The molecule has 2 rings (SSSR count). The van der Waals surface area contributed by atoms with Gasteiger partial charge in [0.25, 0.3) is 5.91 Å². The first-order valence-corrected chi connectivity index (χ1v) is 5.14. The first-order chi connectivity index (χ1) is 8.38. The molecule has 0 unspecified atom stereocenters. The molecule has 7 heteroatoms. The van der Waals surface area contributed by atoms with Gasteiger partial charge >= 0.3 is 6.18 Å². The van der Waals surface area contributed by atoms with E-state index >= 15 is 0 Å². The van der Waals surface area contributed by atoms with Crippen molar-refractivity contribution in [1.82, 2.24) is 0 Å². The zero-order valence-electron chi connectivity index (χ0n) is 9.12. The number of amides is 2.